The van der Waals surface area contributed by atoms with Crippen LogP contribution in [-0.2, 0) is 28.0 Å². The maximum absolute atomic E-state index is 13.4. The zero-order valence-corrected chi connectivity index (χ0v) is 23.5. The van der Waals surface area contributed by atoms with Crippen LogP contribution in [-0.4, -0.2) is 71.3 Å². The molecule has 1 fully saturated rings. The van der Waals surface area contributed by atoms with E-state index < -0.39 is 5.54 Å². The highest BCUT2D eigenvalue weighted by molar-refractivity contribution is 6.33. The molecule has 0 radical (unpaired) electrons. The van der Waals surface area contributed by atoms with Gasteiger partial charge in [-0.25, -0.2) is 9.97 Å². The molecule has 0 saturated carbocycles. The summed E-state index contributed by atoms with van der Waals surface area (Å²) in [6.07, 6.45) is 4.61. The number of aliphatic hydroxyl groups is 1. The minimum Gasteiger partial charge on any atom is -0.497 e. The van der Waals surface area contributed by atoms with Crippen molar-refractivity contribution in [2.75, 3.05) is 38.8 Å². The third-order valence-corrected chi connectivity index (χ3v) is 8.47. The van der Waals surface area contributed by atoms with Gasteiger partial charge in [0.15, 0.2) is 0 Å². The van der Waals surface area contributed by atoms with Crippen molar-refractivity contribution in [2.45, 2.75) is 43.8 Å². The molecule has 0 spiro atoms. The van der Waals surface area contributed by atoms with Crippen molar-refractivity contribution in [1.82, 2.24) is 20.2 Å². The van der Waals surface area contributed by atoms with Crippen molar-refractivity contribution in [3.05, 3.63) is 69.9 Å². The minimum absolute atomic E-state index is 0.128. The maximum Gasteiger partial charge on any atom is 0.254 e. The van der Waals surface area contributed by atoms with Crippen molar-refractivity contribution in [3.8, 4) is 17.0 Å². The molecule has 1 aromatic heterocycles. The Morgan fingerprint density at radius 1 is 1.22 bits per heavy atom. The number of halogens is 1. The van der Waals surface area contributed by atoms with Crippen LogP contribution in [0.1, 0.15) is 46.3 Å². The van der Waals surface area contributed by atoms with E-state index in [1.807, 2.05) is 30.3 Å². The Morgan fingerprint density at radius 3 is 2.80 bits per heavy atom. The maximum atomic E-state index is 13.4. The van der Waals surface area contributed by atoms with Gasteiger partial charge >= 0.3 is 0 Å². The summed E-state index contributed by atoms with van der Waals surface area (Å²) in [7, 11) is 1.58. The molecule has 0 bridgehead atoms. The number of anilines is 1. The summed E-state index contributed by atoms with van der Waals surface area (Å²) in [6, 6.07) is 11.5. The van der Waals surface area contributed by atoms with Crippen LogP contribution in [0.15, 0.2) is 42.6 Å². The lowest BCUT2D eigenvalue weighted by atomic mass is 9.92. The number of methoxy groups -OCH3 is 1. The zero-order valence-electron chi connectivity index (χ0n) is 22.8. The van der Waals surface area contributed by atoms with E-state index in [2.05, 4.69) is 20.6 Å². The third-order valence-electron chi connectivity index (χ3n) is 8.20. The number of aromatic nitrogens is 2. The molecule has 41 heavy (non-hydrogen) atoms. The predicted octanol–water partition coefficient (Wildman–Crippen LogP) is 3.30. The van der Waals surface area contributed by atoms with Crippen LogP contribution in [0.3, 0.4) is 0 Å². The summed E-state index contributed by atoms with van der Waals surface area (Å²) in [5, 5.41) is 17.1. The highest BCUT2D eigenvalue weighted by atomic mass is 35.5. The Labute approximate surface area is 243 Å². The summed E-state index contributed by atoms with van der Waals surface area (Å²) in [5.74, 6) is 0.562. The van der Waals surface area contributed by atoms with E-state index in [4.69, 9.17) is 21.1 Å². The molecule has 3 heterocycles. The lowest BCUT2D eigenvalue weighted by molar-refractivity contribution is -0.124. The highest BCUT2D eigenvalue weighted by Gasteiger charge is 2.41. The van der Waals surface area contributed by atoms with Gasteiger partial charge in [-0.15, -0.1) is 0 Å². The Hall–Kier alpha value is -3.73. The van der Waals surface area contributed by atoms with Crippen LogP contribution in [0.2, 0.25) is 5.02 Å². The summed E-state index contributed by atoms with van der Waals surface area (Å²) in [6.45, 7) is 1.33. The monoisotopic (exact) mass is 577 g/mol. The Balaban J connectivity index is 1.16. The number of aliphatic hydroxyl groups excluding tert-OH is 1. The Kier molecular flexibility index (Phi) is 7.54. The molecule has 214 valence electrons. The molecule has 1 aliphatic carbocycles. The highest BCUT2D eigenvalue weighted by Crippen LogP contribution is 2.39. The van der Waals surface area contributed by atoms with Crippen molar-refractivity contribution in [1.29, 1.82) is 0 Å². The molecular formula is C30H32ClN5O5. The average Bonchev–Trinajstić information content (AvgIpc) is 3.50. The van der Waals surface area contributed by atoms with Crippen LogP contribution in [0, 0.1) is 0 Å². The number of carbonyl (C=O) groups is 2. The molecule has 3 N–H and O–H groups in total. The van der Waals surface area contributed by atoms with Gasteiger partial charge in [-0.05, 0) is 60.6 Å². The van der Waals surface area contributed by atoms with E-state index in [-0.39, 0.29) is 31.0 Å². The van der Waals surface area contributed by atoms with Gasteiger partial charge in [0.25, 0.3) is 5.91 Å². The molecule has 10 nitrogen and oxygen atoms in total. The molecule has 11 heteroatoms. The van der Waals surface area contributed by atoms with Crippen LogP contribution in [0.5, 0.6) is 5.75 Å². The van der Waals surface area contributed by atoms with Gasteiger partial charge in [-0.1, -0.05) is 29.8 Å². The topological polar surface area (TPSA) is 126 Å². The number of aryl methyl sites for hydroxylation is 1. The summed E-state index contributed by atoms with van der Waals surface area (Å²) >= 11 is 6.47. The first kappa shape index (κ1) is 27.4. The van der Waals surface area contributed by atoms with E-state index in [0.717, 1.165) is 36.0 Å². The first-order valence-electron chi connectivity index (χ1n) is 13.8. The second-order valence-electron chi connectivity index (χ2n) is 10.8. The fraction of sp³-hybridized carbons (Fsp3) is 0.400. The number of nitrogens with zero attached hydrogens (tertiary/aromatic N) is 3. The lowest BCUT2D eigenvalue weighted by Crippen LogP contribution is -2.50. The number of hydrogen-bond acceptors (Lipinski definition) is 8. The van der Waals surface area contributed by atoms with Crippen molar-refractivity contribution < 1.29 is 24.2 Å². The molecule has 1 saturated heterocycles. The van der Waals surface area contributed by atoms with Crippen LogP contribution >= 0.6 is 11.6 Å². The number of carbonyl (C=O) groups excluding carboxylic acids is 2. The number of ether oxygens (including phenoxy) is 2. The fourth-order valence-corrected chi connectivity index (χ4v) is 6.14. The molecule has 3 aliphatic rings. The smallest absolute Gasteiger partial charge is 0.254 e. The normalized spacial score (nSPS) is 20.1. The van der Waals surface area contributed by atoms with Crippen molar-refractivity contribution >= 4 is 29.4 Å². The average molecular weight is 578 g/mol. The van der Waals surface area contributed by atoms with E-state index >= 15 is 0 Å². The number of fused-ring (bicyclic) bond motifs is 2. The first-order chi connectivity index (χ1) is 19.9. The molecule has 3 aromatic rings. The van der Waals surface area contributed by atoms with E-state index in [9.17, 15) is 14.7 Å². The van der Waals surface area contributed by atoms with Crippen LogP contribution in [0.25, 0.3) is 11.3 Å². The molecular weight excluding hydrogens is 546 g/mol. The lowest BCUT2D eigenvalue weighted by Gasteiger charge is -2.30. The number of amides is 2. The van der Waals surface area contributed by atoms with E-state index in [1.54, 1.807) is 19.4 Å². The number of hydrogen-bond donors (Lipinski definition) is 3. The van der Waals surface area contributed by atoms with E-state index in [0.29, 0.717) is 59.7 Å². The Bertz CT molecular complexity index is 1490. The predicted molar refractivity (Wildman–Crippen MR) is 153 cm³/mol. The van der Waals surface area contributed by atoms with Crippen LogP contribution in [0.4, 0.5) is 5.95 Å². The molecule has 1 atom stereocenters. The standard InChI is InChI=1S/C30H32ClN5O5/c1-40-22-5-4-18-6-9-30(17-37,24(18)13-22)35-26(38)16-36-15-20-3-2-19(12-23(20)28(36)39)27-25(31)14-32-29(34-27)33-21-7-10-41-11-8-21/h2-5,12-14,21,37H,6-11,15-17H2,1H3,(H,35,38)(H,32,33,34). The van der Waals surface area contributed by atoms with Gasteiger partial charge in [0.2, 0.25) is 11.9 Å². The fourth-order valence-electron chi connectivity index (χ4n) is 5.94. The van der Waals surface area contributed by atoms with Crippen LogP contribution < -0.4 is 15.4 Å². The quantitative estimate of drug-likeness (QED) is 0.372. The SMILES string of the molecule is COc1ccc2c(c1)C(CO)(NC(=O)CN1Cc3ccc(-c4nc(NC5CCOCC5)ncc4Cl)cc3C1=O)CC2. The molecule has 2 amide bonds. The zero-order chi connectivity index (χ0) is 28.6. The third kappa shape index (κ3) is 5.35. The Morgan fingerprint density at radius 2 is 2.02 bits per heavy atom. The van der Waals surface area contributed by atoms with Gasteiger partial charge in [-0.3, -0.25) is 9.59 Å². The molecule has 1 unspecified atom stereocenters. The second kappa shape index (κ2) is 11.3. The van der Waals surface area contributed by atoms with Gasteiger partial charge in [0, 0.05) is 36.9 Å². The summed E-state index contributed by atoms with van der Waals surface area (Å²) in [5.41, 5.74) is 3.56. The number of rotatable bonds is 8. The minimum atomic E-state index is -0.913. The number of nitrogens with one attached hydrogen (secondary N) is 2. The molecule has 2 aromatic carbocycles. The van der Waals surface area contributed by atoms with Crippen molar-refractivity contribution in [3.63, 3.8) is 0 Å². The molecule has 6 rings (SSSR count). The number of benzene rings is 2. The van der Waals surface area contributed by atoms with Gasteiger partial charge in [0.05, 0.1) is 36.2 Å². The first-order valence-corrected chi connectivity index (χ1v) is 14.2. The second-order valence-corrected chi connectivity index (χ2v) is 11.2. The van der Waals surface area contributed by atoms with E-state index in [1.165, 1.54) is 4.90 Å². The van der Waals surface area contributed by atoms with Crippen molar-refractivity contribution in [2.24, 2.45) is 0 Å². The van der Waals surface area contributed by atoms with Gasteiger partial charge in [-0.2, -0.15) is 0 Å². The summed E-state index contributed by atoms with van der Waals surface area (Å²) < 4.78 is 10.8. The largest absolute Gasteiger partial charge is 0.497 e. The molecule has 2 aliphatic heterocycles. The van der Waals surface area contributed by atoms with Gasteiger partial charge in [0.1, 0.15) is 12.3 Å². The summed E-state index contributed by atoms with van der Waals surface area (Å²) in [4.78, 5) is 37.1. The van der Waals surface area contributed by atoms with Gasteiger partial charge < -0.3 is 30.1 Å².